The van der Waals surface area contributed by atoms with Crippen molar-refractivity contribution in [1.29, 1.82) is 0 Å². The Balaban J connectivity index is 2.79. The maximum Gasteiger partial charge on any atom is 0.200 e. The molecule has 68 valence electrons. The Morgan fingerprint density at radius 2 is 2.08 bits per heavy atom. The molecule has 0 aliphatic carbocycles. The van der Waals surface area contributed by atoms with Gasteiger partial charge in [0.15, 0.2) is 0 Å². The second-order valence-corrected chi connectivity index (χ2v) is 5.15. The molecule has 4 heteroatoms. The van der Waals surface area contributed by atoms with Crippen molar-refractivity contribution in [3.8, 4) is 0 Å². The standard InChI is InChI=1S/C9H7BrO2S/c10-6-8-3-1-2-7-4-5-13(11,12)9(7)8/h1-5H,6H2. The van der Waals surface area contributed by atoms with E-state index in [4.69, 9.17) is 0 Å². The summed E-state index contributed by atoms with van der Waals surface area (Å²) in [6.45, 7) is 0. The predicted molar refractivity (Wildman–Crippen MR) is 55.3 cm³/mol. The van der Waals surface area contributed by atoms with Gasteiger partial charge in [0.1, 0.15) is 0 Å². The number of benzene rings is 1. The number of rotatable bonds is 1. The highest BCUT2D eigenvalue weighted by Gasteiger charge is 2.23. The molecule has 0 bridgehead atoms. The van der Waals surface area contributed by atoms with E-state index in [9.17, 15) is 8.42 Å². The van der Waals surface area contributed by atoms with Crippen LogP contribution in [-0.2, 0) is 15.2 Å². The third-order valence-corrected chi connectivity index (χ3v) is 4.15. The average molecular weight is 259 g/mol. The summed E-state index contributed by atoms with van der Waals surface area (Å²) in [6.07, 6.45) is 1.64. The number of sulfone groups is 1. The van der Waals surface area contributed by atoms with Crippen LogP contribution in [-0.4, -0.2) is 8.42 Å². The van der Waals surface area contributed by atoms with Gasteiger partial charge in [-0.05, 0) is 17.2 Å². The fourth-order valence-electron chi connectivity index (χ4n) is 1.42. The normalized spacial score (nSPS) is 17.3. The van der Waals surface area contributed by atoms with Crippen LogP contribution < -0.4 is 0 Å². The van der Waals surface area contributed by atoms with Crippen LogP contribution in [0.5, 0.6) is 0 Å². The topological polar surface area (TPSA) is 34.1 Å². The molecule has 0 unspecified atom stereocenters. The van der Waals surface area contributed by atoms with Crippen LogP contribution in [0.1, 0.15) is 11.1 Å². The molecule has 0 aromatic heterocycles. The summed E-state index contributed by atoms with van der Waals surface area (Å²) in [5.41, 5.74) is 1.61. The molecule has 0 atom stereocenters. The van der Waals surface area contributed by atoms with Crippen molar-refractivity contribution in [2.24, 2.45) is 0 Å². The maximum atomic E-state index is 11.5. The highest BCUT2D eigenvalue weighted by atomic mass is 79.9. The van der Waals surface area contributed by atoms with Crippen molar-refractivity contribution in [2.75, 3.05) is 0 Å². The third-order valence-electron chi connectivity index (χ3n) is 1.98. The van der Waals surface area contributed by atoms with Gasteiger partial charge in [-0.2, -0.15) is 0 Å². The van der Waals surface area contributed by atoms with Gasteiger partial charge in [0.2, 0.25) is 9.84 Å². The quantitative estimate of drug-likeness (QED) is 0.725. The number of hydrogen-bond donors (Lipinski definition) is 0. The maximum absolute atomic E-state index is 11.5. The van der Waals surface area contributed by atoms with Crippen molar-refractivity contribution in [3.63, 3.8) is 0 Å². The fraction of sp³-hybridized carbons (Fsp3) is 0.111. The van der Waals surface area contributed by atoms with Crippen LogP contribution in [0.15, 0.2) is 28.5 Å². The summed E-state index contributed by atoms with van der Waals surface area (Å²) in [7, 11) is -3.16. The molecular weight excluding hydrogens is 252 g/mol. The molecule has 0 fully saturated rings. The Morgan fingerprint density at radius 1 is 1.31 bits per heavy atom. The number of alkyl halides is 1. The summed E-state index contributed by atoms with van der Waals surface area (Å²) in [6, 6.07) is 5.49. The average Bonchev–Trinajstić information content (AvgIpc) is 2.43. The SMILES string of the molecule is O=S1(=O)C=Cc2cccc(CBr)c21. The summed E-state index contributed by atoms with van der Waals surface area (Å²) in [4.78, 5) is 0.451. The molecular formula is C9H7BrO2S. The summed E-state index contributed by atoms with van der Waals surface area (Å²) in [5, 5.41) is 1.82. The van der Waals surface area contributed by atoms with Gasteiger partial charge in [0.05, 0.1) is 4.90 Å². The molecule has 0 radical (unpaired) electrons. The van der Waals surface area contributed by atoms with E-state index >= 15 is 0 Å². The lowest BCUT2D eigenvalue weighted by molar-refractivity contribution is 0.605. The number of halogens is 1. The van der Waals surface area contributed by atoms with Crippen molar-refractivity contribution in [2.45, 2.75) is 10.2 Å². The largest absolute Gasteiger partial charge is 0.219 e. The molecule has 2 rings (SSSR count). The zero-order valence-corrected chi connectivity index (χ0v) is 9.10. The van der Waals surface area contributed by atoms with E-state index in [1.807, 2.05) is 18.2 Å². The Kier molecular flexibility index (Phi) is 2.04. The Hall–Kier alpha value is -0.610. The van der Waals surface area contributed by atoms with Gasteiger partial charge in [-0.25, -0.2) is 8.42 Å². The first-order chi connectivity index (χ1) is 6.15. The molecule has 13 heavy (non-hydrogen) atoms. The van der Waals surface area contributed by atoms with Crippen LogP contribution in [0.25, 0.3) is 6.08 Å². The molecule has 0 spiro atoms. The summed E-state index contributed by atoms with van der Waals surface area (Å²) in [5.74, 6) is 0. The lowest BCUT2D eigenvalue weighted by Gasteiger charge is -2.03. The van der Waals surface area contributed by atoms with E-state index in [0.29, 0.717) is 10.2 Å². The number of fused-ring (bicyclic) bond motifs is 1. The smallest absolute Gasteiger partial charge is 0.200 e. The first kappa shape index (κ1) is 8.97. The molecule has 1 aliphatic heterocycles. The minimum atomic E-state index is -3.16. The Morgan fingerprint density at radius 3 is 2.77 bits per heavy atom. The van der Waals surface area contributed by atoms with E-state index < -0.39 is 9.84 Å². The lowest BCUT2D eigenvalue weighted by atomic mass is 10.1. The first-order valence-corrected chi connectivity index (χ1v) is 6.43. The minimum absolute atomic E-state index is 0.451. The van der Waals surface area contributed by atoms with Gasteiger partial charge in [-0.1, -0.05) is 34.1 Å². The molecule has 0 N–H and O–H groups in total. The van der Waals surface area contributed by atoms with Crippen LogP contribution >= 0.6 is 15.9 Å². The van der Waals surface area contributed by atoms with Gasteiger partial charge >= 0.3 is 0 Å². The molecule has 2 nitrogen and oxygen atoms in total. The monoisotopic (exact) mass is 258 g/mol. The zero-order valence-electron chi connectivity index (χ0n) is 6.70. The van der Waals surface area contributed by atoms with Gasteiger partial charge in [0, 0.05) is 10.7 Å². The van der Waals surface area contributed by atoms with Crippen LogP contribution in [0.4, 0.5) is 0 Å². The Labute approximate surface area is 85.3 Å². The zero-order chi connectivity index (χ0) is 9.47. The van der Waals surface area contributed by atoms with Crippen molar-refractivity contribution >= 4 is 31.8 Å². The predicted octanol–water partition coefficient (Wildman–Crippen LogP) is 2.34. The van der Waals surface area contributed by atoms with E-state index in [-0.39, 0.29) is 0 Å². The van der Waals surface area contributed by atoms with Gasteiger partial charge in [-0.15, -0.1) is 0 Å². The molecule has 1 aliphatic rings. The molecule has 1 heterocycles. The van der Waals surface area contributed by atoms with Crippen LogP contribution in [0.3, 0.4) is 0 Å². The third kappa shape index (κ3) is 1.34. The van der Waals surface area contributed by atoms with E-state index in [2.05, 4.69) is 15.9 Å². The lowest BCUT2D eigenvalue weighted by Crippen LogP contribution is -1.98. The molecule has 0 saturated heterocycles. The first-order valence-electron chi connectivity index (χ1n) is 3.76. The van der Waals surface area contributed by atoms with E-state index in [0.717, 1.165) is 11.1 Å². The second-order valence-electron chi connectivity index (χ2n) is 2.82. The van der Waals surface area contributed by atoms with Crippen LogP contribution in [0.2, 0.25) is 0 Å². The highest BCUT2D eigenvalue weighted by molar-refractivity contribution is 9.08. The van der Waals surface area contributed by atoms with Crippen molar-refractivity contribution in [1.82, 2.24) is 0 Å². The van der Waals surface area contributed by atoms with Crippen LogP contribution in [0, 0.1) is 0 Å². The summed E-state index contributed by atoms with van der Waals surface area (Å²) < 4.78 is 23.1. The molecule has 1 aromatic rings. The minimum Gasteiger partial charge on any atom is -0.219 e. The van der Waals surface area contributed by atoms with Gasteiger partial charge in [0.25, 0.3) is 0 Å². The van der Waals surface area contributed by atoms with Crippen molar-refractivity contribution < 1.29 is 8.42 Å². The van der Waals surface area contributed by atoms with E-state index in [1.54, 1.807) is 6.08 Å². The summed E-state index contributed by atoms with van der Waals surface area (Å²) >= 11 is 3.27. The highest BCUT2D eigenvalue weighted by Crippen LogP contribution is 2.30. The van der Waals surface area contributed by atoms with Crippen molar-refractivity contribution in [3.05, 3.63) is 34.7 Å². The Bertz CT molecular complexity index is 474. The number of hydrogen-bond acceptors (Lipinski definition) is 2. The van der Waals surface area contributed by atoms with E-state index in [1.165, 1.54) is 5.41 Å². The molecule has 1 aromatic carbocycles. The second kappa shape index (κ2) is 2.96. The van der Waals surface area contributed by atoms with Gasteiger partial charge < -0.3 is 0 Å². The van der Waals surface area contributed by atoms with Gasteiger partial charge in [-0.3, -0.25) is 0 Å². The fourth-order valence-corrected chi connectivity index (χ4v) is 3.50. The molecule has 0 amide bonds. The molecule has 0 saturated carbocycles.